The smallest absolute Gasteiger partial charge is 0.334 e. The number of aliphatic hydroxyl groups excluding tert-OH is 2. The van der Waals surface area contributed by atoms with Gasteiger partial charge in [0.15, 0.2) is 0 Å². The van der Waals surface area contributed by atoms with Gasteiger partial charge >= 0.3 is 5.97 Å². The lowest BCUT2D eigenvalue weighted by Crippen LogP contribution is -2.23. The molecule has 0 saturated heterocycles. The Morgan fingerprint density at radius 3 is 1.20 bits per heavy atom. The van der Waals surface area contributed by atoms with Crippen LogP contribution < -0.4 is 0 Å². The van der Waals surface area contributed by atoms with Gasteiger partial charge in [-0.3, -0.25) is 0 Å². The SMILES string of the molecule is CCCCCCCCCCC(CCCCCCCCCC)=C(CCCCCCCCCC)C(=O)OCC(O)CO. The summed E-state index contributed by atoms with van der Waals surface area (Å²) in [5, 5.41) is 19.0. The van der Waals surface area contributed by atoms with Gasteiger partial charge in [0, 0.05) is 5.57 Å². The summed E-state index contributed by atoms with van der Waals surface area (Å²) in [6.45, 7) is 6.28. The van der Waals surface area contributed by atoms with Crippen molar-refractivity contribution in [1.29, 1.82) is 0 Å². The summed E-state index contributed by atoms with van der Waals surface area (Å²) in [7, 11) is 0. The maximum Gasteiger partial charge on any atom is 0.334 e. The fraction of sp³-hybridized carbons (Fsp3) is 0.917. The van der Waals surface area contributed by atoms with Gasteiger partial charge < -0.3 is 14.9 Å². The Morgan fingerprint density at radius 1 is 0.525 bits per heavy atom. The van der Waals surface area contributed by atoms with Crippen molar-refractivity contribution in [1.82, 2.24) is 0 Å². The van der Waals surface area contributed by atoms with Crippen molar-refractivity contribution < 1.29 is 19.7 Å². The van der Waals surface area contributed by atoms with E-state index in [0.29, 0.717) is 0 Å². The molecule has 4 nitrogen and oxygen atoms in total. The van der Waals surface area contributed by atoms with Gasteiger partial charge in [0.2, 0.25) is 0 Å². The number of carbonyl (C=O) groups excluding carboxylic acids is 1. The van der Waals surface area contributed by atoms with Crippen LogP contribution in [0.1, 0.15) is 194 Å². The zero-order valence-corrected chi connectivity index (χ0v) is 27.3. The minimum atomic E-state index is -1.00. The third kappa shape index (κ3) is 24.9. The van der Waals surface area contributed by atoms with Crippen LogP contribution in [0.3, 0.4) is 0 Å². The van der Waals surface area contributed by atoms with Crippen LogP contribution in [0.5, 0.6) is 0 Å². The molecule has 0 radical (unpaired) electrons. The number of aliphatic hydroxyl groups is 2. The number of unbranched alkanes of at least 4 members (excludes halogenated alkanes) is 21. The lowest BCUT2D eigenvalue weighted by atomic mass is 9.92. The van der Waals surface area contributed by atoms with Gasteiger partial charge in [0.05, 0.1) is 6.61 Å². The van der Waals surface area contributed by atoms with E-state index in [-0.39, 0.29) is 19.2 Å². The summed E-state index contributed by atoms with van der Waals surface area (Å²) in [5.74, 6) is -0.260. The minimum Gasteiger partial charge on any atom is -0.459 e. The Balaban J connectivity index is 5.09. The Labute approximate surface area is 250 Å². The summed E-state index contributed by atoms with van der Waals surface area (Å²) < 4.78 is 5.52. The van der Waals surface area contributed by atoms with Crippen molar-refractivity contribution in [3.05, 3.63) is 11.1 Å². The Hall–Kier alpha value is -0.870. The molecule has 0 heterocycles. The molecule has 0 aromatic heterocycles. The van der Waals surface area contributed by atoms with E-state index in [1.165, 1.54) is 134 Å². The lowest BCUT2D eigenvalue weighted by molar-refractivity contribution is -0.142. The van der Waals surface area contributed by atoms with E-state index < -0.39 is 6.10 Å². The largest absolute Gasteiger partial charge is 0.459 e. The maximum absolute atomic E-state index is 13.2. The molecule has 0 spiro atoms. The highest BCUT2D eigenvalue weighted by molar-refractivity contribution is 5.89. The van der Waals surface area contributed by atoms with E-state index in [2.05, 4.69) is 20.8 Å². The number of rotatable bonds is 31. The third-order valence-electron chi connectivity index (χ3n) is 8.24. The van der Waals surface area contributed by atoms with Crippen molar-refractivity contribution in [3.63, 3.8) is 0 Å². The van der Waals surface area contributed by atoms with Crippen molar-refractivity contribution >= 4 is 5.97 Å². The van der Waals surface area contributed by atoms with Crippen molar-refractivity contribution in [2.75, 3.05) is 13.2 Å². The first-order chi connectivity index (χ1) is 19.6. The molecule has 0 aliphatic carbocycles. The molecular weight excluding hydrogens is 496 g/mol. The summed E-state index contributed by atoms with van der Waals surface area (Å²) in [5.41, 5.74) is 2.19. The molecular formula is C36H70O4. The first-order valence-corrected chi connectivity index (χ1v) is 17.8. The molecule has 0 bridgehead atoms. The molecule has 0 amide bonds. The molecule has 238 valence electrons. The molecule has 0 aliphatic heterocycles. The number of esters is 1. The molecule has 40 heavy (non-hydrogen) atoms. The molecule has 1 atom stereocenters. The van der Waals surface area contributed by atoms with Crippen molar-refractivity contribution in [2.24, 2.45) is 0 Å². The zero-order chi connectivity index (χ0) is 29.5. The van der Waals surface area contributed by atoms with E-state index in [1.807, 2.05) is 0 Å². The first-order valence-electron chi connectivity index (χ1n) is 17.8. The van der Waals surface area contributed by atoms with Gasteiger partial charge in [0.25, 0.3) is 0 Å². The lowest BCUT2D eigenvalue weighted by Gasteiger charge is -2.17. The van der Waals surface area contributed by atoms with Crippen LogP contribution in [0.2, 0.25) is 0 Å². The van der Waals surface area contributed by atoms with E-state index in [0.717, 1.165) is 50.5 Å². The molecule has 0 fully saturated rings. The molecule has 4 heteroatoms. The van der Waals surface area contributed by atoms with Crippen LogP contribution in [-0.4, -0.2) is 35.5 Å². The van der Waals surface area contributed by atoms with Gasteiger partial charge in [-0.25, -0.2) is 4.79 Å². The topological polar surface area (TPSA) is 66.8 Å². The fourth-order valence-electron chi connectivity index (χ4n) is 5.54. The predicted octanol–water partition coefficient (Wildman–Crippen LogP) is 10.8. The number of hydrogen-bond donors (Lipinski definition) is 2. The molecule has 0 rings (SSSR count). The second-order valence-electron chi connectivity index (χ2n) is 12.2. The minimum absolute atomic E-state index is 0.126. The molecule has 1 unspecified atom stereocenters. The predicted molar refractivity (Wildman–Crippen MR) is 173 cm³/mol. The number of ether oxygens (including phenoxy) is 1. The monoisotopic (exact) mass is 567 g/mol. The zero-order valence-electron chi connectivity index (χ0n) is 27.3. The molecule has 0 saturated carbocycles. The second kappa shape index (κ2) is 31.1. The second-order valence-corrected chi connectivity index (χ2v) is 12.2. The summed E-state index contributed by atoms with van der Waals surface area (Å²) in [6.07, 6.45) is 32.4. The molecule has 0 aromatic carbocycles. The van der Waals surface area contributed by atoms with Crippen molar-refractivity contribution in [2.45, 2.75) is 200 Å². The molecule has 0 aliphatic rings. The number of hydrogen-bond acceptors (Lipinski definition) is 4. The highest BCUT2D eigenvalue weighted by Crippen LogP contribution is 2.26. The number of allylic oxidation sites excluding steroid dienone is 1. The average Bonchev–Trinajstić information content (AvgIpc) is 2.96. The average molecular weight is 567 g/mol. The van der Waals surface area contributed by atoms with Crippen LogP contribution >= 0.6 is 0 Å². The van der Waals surface area contributed by atoms with Crippen LogP contribution in [0.25, 0.3) is 0 Å². The Kier molecular flexibility index (Phi) is 30.4. The van der Waals surface area contributed by atoms with Crippen molar-refractivity contribution in [3.8, 4) is 0 Å². The van der Waals surface area contributed by atoms with E-state index in [4.69, 9.17) is 4.74 Å². The standard InChI is InChI=1S/C36H70O4/c1-4-7-10-13-16-19-22-25-28-33(29-26-23-20-17-14-11-8-5-2)35(36(39)40-32-34(38)31-37)30-27-24-21-18-15-12-9-6-3/h34,37-38H,4-32H2,1-3H3. The Morgan fingerprint density at radius 2 is 0.850 bits per heavy atom. The number of carbonyl (C=O) groups is 1. The molecule has 0 aromatic rings. The van der Waals surface area contributed by atoms with E-state index in [1.54, 1.807) is 0 Å². The highest BCUT2D eigenvalue weighted by atomic mass is 16.5. The van der Waals surface area contributed by atoms with Crippen LogP contribution in [-0.2, 0) is 9.53 Å². The van der Waals surface area contributed by atoms with Gasteiger partial charge in [-0.05, 0) is 38.5 Å². The van der Waals surface area contributed by atoms with Gasteiger partial charge in [-0.1, -0.05) is 161 Å². The normalized spacial score (nSPS) is 12.0. The van der Waals surface area contributed by atoms with E-state index >= 15 is 0 Å². The summed E-state index contributed by atoms with van der Waals surface area (Å²) in [4.78, 5) is 13.2. The summed E-state index contributed by atoms with van der Waals surface area (Å²) in [6, 6.07) is 0. The highest BCUT2D eigenvalue weighted by Gasteiger charge is 2.18. The van der Waals surface area contributed by atoms with E-state index in [9.17, 15) is 15.0 Å². The van der Waals surface area contributed by atoms with Crippen LogP contribution in [0, 0.1) is 0 Å². The quantitative estimate of drug-likeness (QED) is 0.0497. The van der Waals surface area contributed by atoms with Crippen LogP contribution in [0.4, 0.5) is 0 Å². The van der Waals surface area contributed by atoms with Gasteiger partial charge in [-0.2, -0.15) is 0 Å². The van der Waals surface area contributed by atoms with Gasteiger partial charge in [0.1, 0.15) is 12.7 Å². The first kappa shape index (κ1) is 39.1. The van der Waals surface area contributed by atoms with Crippen LogP contribution in [0.15, 0.2) is 11.1 Å². The Bertz CT molecular complexity index is 549. The summed E-state index contributed by atoms with van der Waals surface area (Å²) >= 11 is 0. The van der Waals surface area contributed by atoms with Gasteiger partial charge in [-0.15, -0.1) is 0 Å². The maximum atomic E-state index is 13.2. The fourth-order valence-corrected chi connectivity index (χ4v) is 5.54. The molecule has 2 N–H and O–H groups in total. The third-order valence-corrected chi connectivity index (χ3v) is 8.24.